The second kappa shape index (κ2) is 13.0. The number of rotatable bonds is 11. The molecule has 0 aliphatic heterocycles. The highest BCUT2D eigenvalue weighted by molar-refractivity contribution is 7.92. The minimum absolute atomic E-state index is 0.164. The van der Waals surface area contributed by atoms with Crippen molar-refractivity contribution in [2.24, 2.45) is 5.10 Å². The van der Waals surface area contributed by atoms with Crippen LogP contribution in [0.15, 0.2) is 65.8 Å². The topological polar surface area (TPSA) is 97.3 Å². The fraction of sp³-hybridized carbons (Fsp3) is 0.200. The quantitative estimate of drug-likeness (QED) is 0.236. The van der Waals surface area contributed by atoms with E-state index in [0.29, 0.717) is 35.3 Å². The predicted molar refractivity (Wildman–Crippen MR) is 148 cm³/mol. The third-order valence-electron chi connectivity index (χ3n) is 4.86. The van der Waals surface area contributed by atoms with Crippen molar-refractivity contribution in [3.8, 4) is 11.5 Å². The number of ether oxygens (including phenoxy) is 2. The van der Waals surface area contributed by atoms with Crippen molar-refractivity contribution in [3.05, 3.63) is 86.9 Å². The van der Waals surface area contributed by atoms with Crippen molar-refractivity contribution >= 4 is 62.6 Å². The molecule has 3 aromatic rings. The van der Waals surface area contributed by atoms with Crippen LogP contribution in [-0.4, -0.2) is 39.9 Å². The summed E-state index contributed by atoms with van der Waals surface area (Å²) >= 11 is 17.8. The van der Waals surface area contributed by atoms with Crippen molar-refractivity contribution in [1.29, 1.82) is 0 Å². The Morgan fingerprint density at radius 3 is 2.35 bits per heavy atom. The van der Waals surface area contributed by atoms with Gasteiger partial charge in [-0.15, -0.1) is 0 Å². The van der Waals surface area contributed by atoms with E-state index in [2.05, 4.69) is 10.5 Å². The first-order chi connectivity index (χ1) is 17.6. The highest BCUT2D eigenvalue weighted by Gasteiger charge is 2.21. The van der Waals surface area contributed by atoms with Gasteiger partial charge in [-0.2, -0.15) is 5.10 Å². The maximum atomic E-state index is 12.4. The molecule has 0 unspecified atom stereocenters. The van der Waals surface area contributed by atoms with Crippen LogP contribution in [0.4, 0.5) is 5.69 Å². The smallest absolute Gasteiger partial charge is 0.260 e. The van der Waals surface area contributed by atoms with Crippen LogP contribution in [0.2, 0.25) is 15.1 Å². The van der Waals surface area contributed by atoms with Crippen LogP contribution in [0.1, 0.15) is 18.1 Å². The molecule has 3 aromatic carbocycles. The molecule has 0 aliphatic carbocycles. The summed E-state index contributed by atoms with van der Waals surface area (Å²) in [7, 11) is -3.78. The number of carbonyl (C=O) groups is 1. The molecule has 0 spiro atoms. The molecule has 12 heteroatoms. The van der Waals surface area contributed by atoms with Gasteiger partial charge in [-0.05, 0) is 66.6 Å². The zero-order valence-electron chi connectivity index (χ0n) is 19.9. The van der Waals surface area contributed by atoms with E-state index in [9.17, 15) is 13.2 Å². The van der Waals surface area contributed by atoms with Gasteiger partial charge >= 0.3 is 0 Å². The molecule has 0 saturated carbocycles. The van der Waals surface area contributed by atoms with Gasteiger partial charge < -0.3 is 9.47 Å². The van der Waals surface area contributed by atoms with Gasteiger partial charge in [0.25, 0.3) is 5.91 Å². The molecule has 3 rings (SSSR count). The zero-order chi connectivity index (χ0) is 27.0. The van der Waals surface area contributed by atoms with E-state index >= 15 is 0 Å². The molecule has 0 aliphatic rings. The van der Waals surface area contributed by atoms with Gasteiger partial charge in [0.15, 0.2) is 11.5 Å². The number of sulfonamides is 1. The molecule has 0 radical (unpaired) electrons. The van der Waals surface area contributed by atoms with Gasteiger partial charge in [0.05, 0.1) is 34.8 Å². The van der Waals surface area contributed by atoms with Crippen molar-refractivity contribution < 1.29 is 22.7 Å². The van der Waals surface area contributed by atoms with E-state index in [1.54, 1.807) is 30.3 Å². The molecular weight excluding hydrogens is 561 g/mol. The fourth-order valence-electron chi connectivity index (χ4n) is 3.12. The molecule has 0 aromatic heterocycles. The Balaban J connectivity index is 1.66. The van der Waals surface area contributed by atoms with Crippen LogP contribution in [0.5, 0.6) is 11.5 Å². The van der Waals surface area contributed by atoms with Crippen LogP contribution in [0.25, 0.3) is 0 Å². The standard InChI is InChI=1S/C25H24Cl3N3O5S/c1-3-35-24-12-18(6-11-23(24)36-16-17-4-7-19(26)8-5-17)14-29-30-25(32)15-31(37(2,33)34)20-9-10-21(27)22(28)13-20/h4-14H,3,15-16H2,1-2H3,(H,30,32)/b29-14-. The van der Waals surface area contributed by atoms with Gasteiger partial charge in [-0.3, -0.25) is 9.10 Å². The van der Waals surface area contributed by atoms with Gasteiger partial charge in [0.2, 0.25) is 10.0 Å². The average Bonchev–Trinajstić information content (AvgIpc) is 2.84. The summed E-state index contributed by atoms with van der Waals surface area (Å²) in [6, 6.07) is 16.8. The third-order valence-corrected chi connectivity index (χ3v) is 6.99. The van der Waals surface area contributed by atoms with Crippen molar-refractivity contribution in [1.82, 2.24) is 5.43 Å². The van der Waals surface area contributed by atoms with Crippen LogP contribution in [0.3, 0.4) is 0 Å². The molecule has 0 saturated heterocycles. The van der Waals surface area contributed by atoms with E-state index in [4.69, 9.17) is 44.3 Å². The summed E-state index contributed by atoms with van der Waals surface area (Å²) in [5, 5.41) is 5.01. The second-order valence-corrected chi connectivity index (χ2v) is 10.9. The maximum absolute atomic E-state index is 12.4. The Labute approximate surface area is 230 Å². The molecule has 0 fully saturated rings. The number of amides is 1. The molecule has 0 bridgehead atoms. The Morgan fingerprint density at radius 1 is 0.973 bits per heavy atom. The average molecular weight is 585 g/mol. The normalized spacial score (nSPS) is 11.4. The largest absolute Gasteiger partial charge is 0.490 e. The number of hydrogen-bond acceptors (Lipinski definition) is 6. The number of hydrazone groups is 1. The van der Waals surface area contributed by atoms with Crippen LogP contribution in [-0.2, 0) is 21.4 Å². The Morgan fingerprint density at radius 2 is 1.70 bits per heavy atom. The molecule has 8 nitrogen and oxygen atoms in total. The number of hydrogen-bond donors (Lipinski definition) is 1. The highest BCUT2D eigenvalue weighted by Crippen LogP contribution is 2.30. The SMILES string of the molecule is CCOc1cc(/C=N\NC(=O)CN(c2ccc(Cl)c(Cl)c2)S(C)(=O)=O)ccc1OCc1ccc(Cl)cc1. The van der Waals surface area contributed by atoms with E-state index < -0.39 is 22.5 Å². The van der Waals surface area contributed by atoms with Crippen molar-refractivity contribution in [2.45, 2.75) is 13.5 Å². The first kappa shape index (κ1) is 28.6. The monoisotopic (exact) mass is 583 g/mol. The highest BCUT2D eigenvalue weighted by atomic mass is 35.5. The zero-order valence-corrected chi connectivity index (χ0v) is 23.0. The Hall–Kier alpha value is -2.98. The summed E-state index contributed by atoms with van der Waals surface area (Å²) in [6.45, 7) is 2.10. The lowest BCUT2D eigenvalue weighted by Crippen LogP contribution is -2.39. The van der Waals surface area contributed by atoms with Gasteiger partial charge in [0.1, 0.15) is 13.2 Å². The van der Waals surface area contributed by atoms with E-state index in [0.717, 1.165) is 16.1 Å². The minimum atomic E-state index is -3.78. The number of benzene rings is 3. The first-order valence-corrected chi connectivity index (χ1v) is 13.9. The summed E-state index contributed by atoms with van der Waals surface area (Å²) in [4.78, 5) is 12.4. The number of halogens is 3. The number of nitrogens with one attached hydrogen (secondary N) is 1. The molecule has 196 valence electrons. The van der Waals surface area contributed by atoms with Crippen LogP contribution < -0.4 is 19.2 Å². The predicted octanol–water partition coefficient (Wildman–Crippen LogP) is 5.54. The summed E-state index contributed by atoms with van der Waals surface area (Å²) < 4.78 is 37.0. The van der Waals surface area contributed by atoms with E-state index in [-0.39, 0.29) is 15.7 Å². The van der Waals surface area contributed by atoms with Gasteiger partial charge in [0, 0.05) is 5.02 Å². The summed E-state index contributed by atoms with van der Waals surface area (Å²) in [6.07, 6.45) is 2.39. The fourth-order valence-corrected chi connectivity index (χ4v) is 4.39. The van der Waals surface area contributed by atoms with Gasteiger partial charge in [-0.1, -0.05) is 46.9 Å². The molecule has 1 N–H and O–H groups in total. The first-order valence-electron chi connectivity index (χ1n) is 11.0. The van der Waals surface area contributed by atoms with Crippen molar-refractivity contribution in [2.75, 3.05) is 23.7 Å². The van der Waals surface area contributed by atoms with Crippen LogP contribution in [0, 0.1) is 0 Å². The van der Waals surface area contributed by atoms with E-state index in [1.165, 1.54) is 24.4 Å². The van der Waals surface area contributed by atoms with Crippen molar-refractivity contribution in [3.63, 3.8) is 0 Å². The number of carbonyl (C=O) groups excluding carboxylic acids is 1. The summed E-state index contributed by atoms with van der Waals surface area (Å²) in [5.74, 6) is 0.402. The molecule has 37 heavy (non-hydrogen) atoms. The lowest BCUT2D eigenvalue weighted by Gasteiger charge is -2.21. The molecule has 1 amide bonds. The second-order valence-electron chi connectivity index (χ2n) is 7.72. The summed E-state index contributed by atoms with van der Waals surface area (Å²) in [5.41, 5.74) is 4.11. The van der Waals surface area contributed by atoms with Gasteiger partial charge in [-0.25, -0.2) is 13.8 Å². The lowest BCUT2D eigenvalue weighted by molar-refractivity contribution is -0.119. The molecule has 0 heterocycles. The van der Waals surface area contributed by atoms with E-state index in [1.807, 2.05) is 19.1 Å². The van der Waals surface area contributed by atoms with Crippen LogP contribution >= 0.6 is 34.8 Å². The number of nitrogens with zero attached hydrogens (tertiary/aromatic N) is 2. The number of anilines is 1. The maximum Gasteiger partial charge on any atom is 0.260 e. The Bertz CT molecular complexity index is 1380. The lowest BCUT2D eigenvalue weighted by atomic mass is 10.2. The third kappa shape index (κ3) is 8.53. The minimum Gasteiger partial charge on any atom is -0.490 e. The molecular formula is C25H24Cl3N3O5S. The Kier molecular flexibility index (Phi) is 10.0. The molecule has 0 atom stereocenters.